The molecule has 1 atom stereocenters. The van der Waals surface area contributed by atoms with Crippen LogP contribution in [-0.2, 0) is 28.6 Å². The van der Waals surface area contributed by atoms with Crippen LogP contribution in [-0.4, -0.2) is 37.2 Å². The van der Waals surface area contributed by atoms with Gasteiger partial charge in [0, 0.05) is 19.3 Å². The van der Waals surface area contributed by atoms with Crippen molar-refractivity contribution in [3.05, 3.63) is 48.6 Å². The molecule has 0 aliphatic rings. The average molecular weight is 926 g/mol. The summed E-state index contributed by atoms with van der Waals surface area (Å²) in [5.41, 5.74) is 0. The molecule has 6 nitrogen and oxygen atoms in total. The number of ether oxygens (including phenoxy) is 3. The van der Waals surface area contributed by atoms with Gasteiger partial charge in [-0.2, -0.15) is 0 Å². The molecule has 66 heavy (non-hydrogen) atoms. The number of rotatable bonds is 52. The van der Waals surface area contributed by atoms with E-state index in [1.807, 2.05) is 0 Å². The molecule has 0 bridgehead atoms. The standard InChI is InChI=1S/C60H108O6/c1-4-7-10-13-16-19-22-25-27-29-30-31-33-35-38-41-44-47-50-53-59(62)65-56-57(55-64-58(61)52-49-46-43-40-37-34-24-21-18-15-12-9-6-3)66-60(63)54-51-48-45-42-39-36-32-28-26-23-20-17-14-11-8-5-2/h16,19,22,25,28,32,36,39,57H,4-15,17-18,20-21,23-24,26-27,29-31,33-35,37-38,40-56H2,1-3H3/b19-16-,25-22-,32-28-,39-36-. The molecule has 0 heterocycles. The summed E-state index contributed by atoms with van der Waals surface area (Å²) in [6, 6.07) is 0. The Morgan fingerprint density at radius 1 is 0.303 bits per heavy atom. The molecular weight excluding hydrogens is 817 g/mol. The molecule has 0 fully saturated rings. The maximum absolute atomic E-state index is 12.8. The van der Waals surface area contributed by atoms with Gasteiger partial charge in [-0.3, -0.25) is 14.4 Å². The van der Waals surface area contributed by atoms with Crippen molar-refractivity contribution < 1.29 is 28.6 Å². The summed E-state index contributed by atoms with van der Waals surface area (Å²) in [5.74, 6) is -0.899. The van der Waals surface area contributed by atoms with E-state index in [0.29, 0.717) is 19.3 Å². The fraction of sp³-hybridized carbons (Fsp3) is 0.817. The minimum atomic E-state index is -0.786. The van der Waals surface area contributed by atoms with E-state index in [0.717, 1.165) is 70.6 Å². The van der Waals surface area contributed by atoms with Crippen LogP contribution >= 0.6 is 0 Å². The molecule has 0 amide bonds. The second-order valence-corrected chi connectivity index (χ2v) is 19.3. The maximum Gasteiger partial charge on any atom is 0.306 e. The first-order valence-corrected chi connectivity index (χ1v) is 28.7. The van der Waals surface area contributed by atoms with E-state index >= 15 is 0 Å². The van der Waals surface area contributed by atoms with Crippen molar-refractivity contribution in [1.82, 2.24) is 0 Å². The molecule has 0 aliphatic carbocycles. The quantitative estimate of drug-likeness (QED) is 0.0262. The molecular formula is C60H108O6. The first kappa shape index (κ1) is 63.4. The Labute approximate surface area is 409 Å². The Morgan fingerprint density at radius 3 is 0.848 bits per heavy atom. The second-order valence-electron chi connectivity index (χ2n) is 19.3. The minimum absolute atomic E-state index is 0.0819. The summed E-state index contributed by atoms with van der Waals surface area (Å²) >= 11 is 0. The molecule has 0 saturated heterocycles. The van der Waals surface area contributed by atoms with Gasteiger partial charge < -0.3 is 14.2 Å². The van der Waals surface area contributed by atoms with Crippen LogP contribution in [0.25, 0.3) is 0 Å². The van der Waals surface area contributed by atoms with E-state index in [9.17, 15) is 14.4 Å². The molecule has 1 unspecified atom stereocenters. The van der Waals surface area contributed by atoms with E-state index in [4.69, 9.17) is 14.2 Å². The van der Waals surface area contributed by atoms with Crippen molar-refractivity contribution in [2.75, 3.05) is 13.2 Å². The molecule has 0 spiro atoms. The SMILES string of the molecule is CCCCC/C=C\C=C/CCCCCCCCCCCCC(=O)OCC(COC(=O)CCCCCCCCCCCCCCC)OC(=O)CCCCC/C=C\C=C/CCCCCCCCC. The van der Waals surface area contributed by atoms with Crippen molar-refractivity contribution >= 4 is 17.9 Å². The summed E-state index contributed by atoms with van der Waals surface area (Å²) in [5, 5.41) is 0. The van der Waals surface area contributed by atoms with E-state index in [2.05, 4.69) is 69.4 Å². The second kappa shape index (κ2) is 55.0. The Hall–Kier alpha value is -2.63. The lowest BCUT2D eigenvalue weighted by Crippen LogP contribution is -2.30. The lowest BCUT2D eigenvalue weighted by atomic mass is 10.0. The first-order valence-electron chi connectivity index (χ1n) is 28.7. The number of unbranched alkanes of at least 4 members (excludes halogenated alkanes) is 35. The third kappa shape index (κ3) is 52.3. The summed E-state index contributed by atoms with van der Waals surface area (Å²) in [4.78, 5) is 38.1. The fourth-order valence-electron chi connectivity index (χ4n) is 8.25. The summed E-state index contributed by atoms with van der Waals surface area (Å²) < 4.78 is 16.8. The van der Waals surface area contributed by atoms with E-state index in [-0.39, 0.29) is 31.1 Å². The van der Waals surface area contributed by atoms with Crippen LogP contribution in [0.15, 0.2) is 48.6 Å². The Balaban J connectivity index is 4.38. The number of hydrogen-bond donors (Lipinski definition) is 0. The van der Waals surface area contributed by atoms with E-state index in [1.54, 1.807) is 0 Å². The van der Waals surface area contributed by atoms with Crippen LogP contribution in [0.3, 0.4) is 0 Å². The van der Waals surface area contributed by atoms with Crippen LogP contribution in [0.5, 0.6) is 0 Å². The highest BCUT2D eigenvalue weighted by molar-refractivity contribution is 5.71. The smallest absolute Gasteiger partial charge is 0.306 e. The van der Waals surface area contributed by atoms with Crippen molar-refractivity contribution in [2.45, 2.75) is 303 Å². The molecule has 6 heteroatoms. The lowest BCUT2D eigenvalue weighted by molar-refractivity contribution is -0.167. The average Bonchev–Trinajstić information content (AvgIpc) is 3.31. The summed E-state index contributed by atoms with van der Waals surface area (Å²) in [6.45, 7) is 6.61. The highest BCUT2D eigenvalue weighted by Gasteiger charge is 2.19. The molecule has 0 aromatic rings. The van der Waals surface area contributed by atoms with Crippen molar-refractivity contribution in [3.63, 3.8) is 0 Å². The number of hydrogen-bond acceptors (Lipinski definition) is 6. The van der Waals surface area contributed by atoms with Crippen LogP contribution < -0.4 is 0 Å². The third-order valence-corrected chi connectivity index (χ3v) is 12.6. The van der Waals surface area contributed by atoms with Gasteiger partial charge in [0.2, 0.25) is 0 Å². The van der Waals surface area contributed by atoms with Gasteiger partial charge in [0.1, 0.15) is 13.2 Å². The molecule has 384 valence electrons. The topological polar surface area (TPSA) is 78.9 Å². The predicted molar refractivity (Wildman–Crippen MR) is 284 cm³/mol. The number of carbonyl (C=O) groups excluding carboxylic acids is 3. The maximum atomic E-state index is 12.8. The van der Waals surface area contributed by atoms with Gasteiger partial charge in [-0.25, -0.2) is 0 Å². The highest BCUT2D eigenvalue weighted by Crippen LogP contribution is 2.16. The molecule has 0 N–H and O–H groups in total. The van der Waals surface area contributed by atoms with Gasteiger partial charge >= 0.3 is 17.9 Å². The summed E-state index contributed by atoms with van der Waals surface area (Å²) in [7, 11) is 0. The van der Waals surface area contributed by atoms with Gasteiger partial charge in [-0.1, -0.05) is 256 Å². The van der Waals surface area contributed by atoms with Gasteiger partial charge in [-0.05, 0) is 70.6 Å². The largest absolute Gasteiger partial charge is 0.462 e. The predicted octanol–water partition coefficient (Wildman–Crippen LogP) is 19.0. The highest BCUT2D eigenvalue weighted by atomic mass is 16.6. The normalized spacial score (nSPS) is 12.3. The fourth-order valence-corrected chi connectivity index (χ4v) is 8.25. The third-order valence-electron chi connectivity index (χ3n) is 12.6. The molecule has 0 aromatic carbocycles. The zero-order valence-corrected chi connectivity index (χ0v) is 44.0. The van der Waals surface area contributed by atoms with Gasteiger partial charge in [-0.15, -0.1) is 0 Å². The van der Waals surface area contributed by atoms with Crippen LogP contribution in [0, 0.1) is 0 Å². The Kier molecular flexibility index (Phi) is 52.8. The first-order chi connectivity index (χ1) is 32.5. The van der Waals surface area contributed by atoms with E-state index in [1.165, 1.54) is 186 Å². The van der Waals surface area contributed by atoms with Gasteiger partial charge in [0.25, 0.3) is 0 Å². The molecule has 0 saturated carbocycles. The zero-order valence-electron chi connectivity index (χ0n) is 44.0. The molecule has 0 aromatic heterocycles. The van der Waals surface area contributed by atoms with Crippen LogP contribution in [0.2, 0.25) is 0 Å². The van der Waals surface area contributed by atoms with Crippen LogP contribution in [0.1, 0.15) is 297 Å². The Morgan fingerprint density at radius 2 is 0.530 bits per heavy atom. The van der Waals surface area contributed by atoms with Crippen molar-refractivity contribution in [2.24, 2.45) is 0 Å². The van der Waals surface area contributed by atoms with Gasteiger partial charge in [0.15, 0.2) is 6.10 Å². The van der Waals surface area contributed by atoms with Crippen molar-refractivity contribution in [3.8, 4) is 0 Å². The summed E-state index contributed by atoms with van der Waals surface area (Å²) in [6.07, 6.45) is 66.7. The number of esters is 3. The van der Waals surface area contributed by atoms with Crippen molar-refractivity contribution in [1.29, 1.82) is 0 Å². The molecule has 0 rings (SSSR count). The molecule has 0 aliphatic heterocycles. The van der Waals surface area contributed by atoms with Crippen LogP contribution in [0.4, 0.5) is 0 Å². The Bertz CT molecular complexity index is 1150. The zero-order chi connectivity index (χ0) is 47.9. The monoisotopic (exact) mass is 925 g/mol. The lowest BCUT2D eigenvalue weighted by Gasteiger charge is -2.18. The number of allylic oxidation sites excluding steroid dienone is 8. The molecule has 0 radical (unpaired) electrons. The minimum Gasteiger partial charge on any atom is -0.462 e. The number of carbonyl (C=O) groups is 3. The van der Waals surface area contributed by atoms with E-state index < -0.39 is 6.10 Å². The van der Waals surface area contributed by atoms with Gasteiger partial charge in [0.05, 0.1) is 0 Å².